The molecule has 1 aromatic rings. The van der Waals surface area contributed by atoms with Gasteiger partial charge in [0, 0.05) is 31.2 Å². The van der Waals surface area contributed by atoms with E-state index in [1.165, 1.54) is 11.0 Å². The molecule has 1 N–H and O–H groups in total. The molecule has 1 heterocycles. The third-order valence-electron chi connectivity index (χ3n) is 3.28. The minimum absolute atomic E-state index is 0.122. The van der Waals surface area contributed by atoms with Gasteiger partial charge in [-0.25, -0.2) is 4.39 Å². The molecule has 0 aromatic heterocycles. The summed E-state index contributed by atoms with van der Waals surface area (Å²) in [6, 6.07) is 4.29. The predicted molar refractivity (Wildman–Crippen MR) is 76.8 cm³/mol. The van der Waals surface area contributed by atoms with Gasteiger partial charge in [0.15, 0.2) is 0 Å². The fourth-order valence-corrected chi connectivity index (χ4v) is 2.51. The van der Waals surface area contributed by atoms with Crippen molar-refractivity contribution in [1.29, 1.82) is 0 Å². The van der Waals surface area contributed by atoms with Crippen molar-refractivity contribution < 1.29 is 9.18 Å². The Kier molecular flexibility index (Phi) is 4.54. The quantitative estimate of drug-likeness (QED) is 0.892. The molecule has 2 rings (SSSR count). The minimum Gasteiger partial charge on any atom is -0.311 e. The van der Waals surface area contributed by atoms with E-state index < -0.39 is 5.82 Å². The lowest BCUT2D eigenvalue weighted by atomic mass is 10.1. The first-order chi connectivity index (χ1) is 8.99. The van der Waals surface area contributed by atoms with Crippen molar-refractivity contribution in [2.75, 3.05) is 38.6 Å². The smallest absolute Gasteiger partial charge is 0.245 e. The molecular weight excluding hydrogens is 313 g/mol. The average Bonchev–Trinajstić information content (AvgIpc) is 2.40. The molecule has 1 saturated heterocycles. The summed E-state index contributed by atoms with van der Waals surface area (Å²) in [6.45, 7) is 2.32. The van der Waals surface area contributed by atoms with Crippen LogP contribution in [0.15, 0.2) is 22.7 Å². The summed E-state index contributed by atoms with van der Waals surface area (Å²) in [5.74, 6) is -0.522. The molecule has 19 heavy (non-hydrogen) atoms. The lowest BCUT2D eigenvalue weighted by Gasteiger charge is -2.32. The topological polar surface area (TPSA) is 35.6 Å². The number of hydrogen-bond donors (Lipinski definition) is 1. The van der Waals surface area contributed by atoms with Gasteiger partial charge < -0.3 is 15.1 Å². The molecule has 0 radical (unpaired) electrons. The van der Waals surface area contributed by atoms with E-state index in [0.717, 1.165) is 17.6 Å². The van der Waals surface area contributed by atoms with E-state index in [0.29, 0.717) is 6.54 Å². The molecule has 1 aliphatic heterocycles. The number of carbonyl (C=O) groups is 1. The van der Waals surface area contributed by atoms with E-state index >= 15 is 0 Å². The van der Waals surface area contributed by atoms with Crippen LogP contribution in [0.25, 0.3) is 0 Å². The summed E-state index contributed by atoms with van der Waals surface area (Å²) >= 11 is 3.29. The number of amides is 1. The van der Waals surface area contributed by atoms with Crippen molar-refractivity contribution in [3.8, 4) is 0 Å². The van der Waals surface area contributed by atoms with Gasteiger partial charge in [-0.05, 0) is 25.2 Å². The van der Waals surface area contributed by atoms with Crippen LogP contribution in [0.5, 0.6) is 0 Å². The summed E-state index contributed by atoms with van der Waals surface area (Å²) in [7, 11) is 3.57. The van der Waals surface area contributed by atoms with Crippen molar-refractivity contribution >= 4 is 27.5 Å². The Morgan fingerprint density at radius 2 is 2.32 bits per heavy atom. The van der Waals surface area contributed by atoms with E-state index in [2.05, 4.69) is 26.1 Å². The van der Waals surface area contributed by atoms with Crippen molar-refractivity contribution in [1.82, 2.24) is 10.2 Å². The van der Waals surface area contributed by atoms with E-state index in [4.69, 9.17) is 0 Å². The second kappa shape index (κ2) is 5.98. The summed E-state index contributed by atoms with van der Waals surface area (Å²) in [5.41, 5.74) is 0.286. The highest BCUT2D eigenvalue weighted by Crippen LogP contribution is 2.23. The van der Waals surface area contributed by atoms with Crippen LogP contribution in [0.2, 0.25) is 0 Å². The number of likely N-dealkylation sites (N-methyl/N-ethyl adjacent to an activating group) is 2. The number of rotatable bonds is 2. The van der Waals surface area contributed by atoms with Crippen LogP contribution in [0.3, 0.4) is 0 Å². The third kappa shape index (κ3) is 3.32. The molecule has 4 nitrogen and oxygen atoms in total. The van der Waals surface area contributed by atoms with Gasteiger partial charge in [-0.2, -0.15) is 0 Å². The number of carbonyl (C=O) groups excluding carboxylic acids is 1. The fraction of sp³-hybridized carbons (Fsp3) is 0.462. The second-order valence-electron chi connectivity index (χ2n) is 4.76. The van der Waals surface area contributed by atoms with Crippen LogP contribution in [-0.4, -0.2) is 50.6 Å². The number of anilines is 1. The number of hydrogen-bond acceptors (Lipinski definition) is 3. The van der Waals surface area contributed by atoms with E-state index in [1.54, 1.807) is 19.2 Å². The van der Waals surface area contributed by atoms with Crippen molar-refractivity contribution in [2.45, 2.75) is 6.04 Å². The first kappa shape index (κ1) is 14.4. The molecule has 1 amide bonds. The van der Waals surface area contributed by atoms with Crippen molar-refractivity contribution in [2.24, 2.45) is 0 Å². The largest absolute Gasteiger partial charge is 0.311 e. The Balaban J connectivity index is 2.16. The Hall–Kier alpha value is -0.980. The zero-order valence-corrected chi connectivity index (χ0v) is 12.6. The Morgan fingerprint density at radius 1 is 1.58 bits per heavy atom. The zero-order chi connectivity index (χ0) is 14.0. The van der Waals surface area contributed by atoms with Gasteiger partial charge in [-0.15, -0.1) is 0 Å². The molecular formula is C13H17BrFN3O. The van der Waals surface area contributed by atoms with E-state index in [9.17, 15) is 9.18 Å². The lowest BCUT2D eigenvalue weighted by Crippen LogP contribution is -2.56. The average molecular weight is 330 g/mol. The van der Waals surface area contributed by atoms with Crippen molar-refractivity contribution in [3.05, 3.63) is 28.5 Å². The zero-order valence-electron chi connectivity index (χ0n) is 11.0. The van der Waals surface area contributed by atoms with Crippen LogP contribution < -0.4 is 10.2 Å². The predicted octanol–water partition coefficient (Wildman–Crippen LogP) is 1.45. The Labute approximate surface area is 120 Å². The molecule has 1 aliphatic rings. The lowest BCUT2D eigenvalue weighted by molar-refractivity contribution is -0.121. The normalized spacial score (nSPS) is 20.3. The number of nitrogens with zero attached hydrogens (tertiary/aromatic N) is 2. The monoisotopic (exact) mass is 329 g/mol. The molecule has 1 unspecified atom stereocenters. The number of halogens is 2. The molecule has 0 aliphatic carbocycles. The summed E-state index contributed by atoms with van der Waals surface area (Å²) < 4.78 is 14.5. The molecule has 0 bridgehead atoms. The highest BCUT2D eigenvalue weighted by atomic mass is 79.9. The highest BCUT2D eigenvalue weighted by molar-refractivity contribution is 9.10. The molecule has 104 valence electrons. The highest BCUT2D eigenvalue weighted by Gasteiger charge is 2.27. The Morgan fingerprint density at radius 3 is 3.00 bits per heavy atom. The third-order valence-corrected chi connectivity index (χ3v) is 3.77. The SMILES string of the molecule is CN1CCNC(C(=O)N(C)c2cc(Br)ccc2F)C1. The van der Waals surface area contributed by atoms with Crippen LogP contribution in [-0.2, 0) is 4.79 Å². The maximum atomic E-state index is 13.8. The van der Waals surface area contributed by atoms with Crippen LogP contribution >= 0.6 is 15.9 Å². The maximum Gasteiger partial charge on any atom is 0.245 e. The standard InChI is InChI=1S/C13H17BrFN3O/c1-17-6-5-16-11(8-17)13(19)18(2)12-7-9(14)3-4-10(12)15/h3-4,7,11,16H,5-6,8H2,1-2H3. The van der Waals surface area contributed by atoms with Gasteiger partial charge in [0.25, 0.3) is 0 Å². The summed E-state index contributed by atoms with van der Waals surface area (Å²) in [5, 5.41) is 3.17. The number of nitrogens with one attached hydrogen (secondary N) is 1. The number of piperazine rings is 1. The van der Waals surface area contributed by atoms with Crippen LogP contribution in [0.1, 0.15) is 0 Å². The first-order valence-corrected chi connectivity index (χ1v) is 6.93. The van der Waals surface area contributed by atoms with Crippen LogP contribution in [0, 0.1) is 5.82 Å². The molecule has 1 atom stereocenters. The van der Waals surface area contributed by atoms with E-state index in [1.807, 2.05) is 7.05 Å². The van der Waals surface area contributed by atoms with Crippen molar-refractivity contribution in [3.63, 3.8) is 0 Å². The maximum absolute atomic E-state index is 13.8. The second-order valence-corrected chi connectivity index (χ2v) is 5.68. The molecule has 0 saturated carbocycles. The van der Waals surface area contributed by atoms with E-state index in [-0.39, 0.29) is 17.6 Å². The minimum atomic E-state index is -0.400. The van der Waals surface area contributed by atoms with Gasteiger partial charge >= 0.3 is 0 Å². The van der Waals surface area contributed by atoms with Gasteiger partial charge in [-0.3, -0.25) is 4.79 Å². The van der Waals surface area contributed by atoms with Gasteiger partial charge in [-0.1, -0.05) is 15.9 Å². The van der Waals surface area contributed by atoms with Gasteiger partial charge in [0.05, 0.1) is 5.69 Å². The number of benzene rings is 1. The molecule has 6 heteroatoms. The molecule has 1 aromatic carbocycles. The van der Waals surface area contributed by atoms with Gasteiger partial charge in [0.2, 0.25) is 5.91 Å². The summed E-state index contributed by atoms with van der Waals surface area (Å²) in [4.78, 5) is 15.8. The first-order valence-electron chi connectivity index (χ1n) is 6.13. The fourth-order valence-electron chi connectivity index (χ4n) is 2.16. The van der Waals surface area contributed by atoms with Gasteiger partial charge in [0.1, 0.15) is 11.9 Å². The molecule has 1 fully saturated rings. The molecule has 0 spiro atoms. The Bertz CT molecular complexity index is 483. The van der Waals surface area contributed by atoms with Crippen LogP contribution in [0.4, 0.5) is 10.1 Å². The summed E-state index contributed by atoms with van der Waals surface area (Å²) in [6.07, 6.45) is 0.